The Kier molecular flexibility index (Phi) is 6.45. The fraction of sp³-hybridized carbons (Fsp3) is 0.0370. The highest BCUT2D eigenvalue weighted by atomic mass is 19.4. The van der Waals surface area contributed by atoms with Crippen LogP contribution in [0.3, 0.4) is 0 Å². The Morgan fingerprint density at radius 2 is 1.53 bits per heavy atom. The molecule has 170 valence electrons. The van der Waals surface area contributed by atoms with Gasteiger partial charge >= 0.3 is 6.18 Å². The lowest BCUT2D eigenvalue weighted by molar-refractivity contribution is -0.137. The summed E-state index contributed by atoms with van der Waals surface area (Å²) in [6.07, 6.45) is -1.69. The van der Waals surface area contributed by atoms with Crippen LogP contribution in [0, 0.1) is 0 Å². The average Bonchev–Trinajstić information content (AvgIpc) is 3.32. The van der Waals surface area contributed by atoms with Gasteiger partial charge < -0.3 is 9.73 Å². The number of carbonyl (C=O) groups is 2. The van der Waals surface area contributed by atoms with Gasteiger partial charge in [-0.3, -0.25) is 9.59 Å². The molecule has 4 aromatic rings. The standard InChI is InChI=1S/C27H18F3NO3/c28-27(29,30)21-8-4-7-20(17-21)25-16-14-23(34-25)13-15-24(32)18-9-11-22(12-10-18)31-26(33)19-5-2-1-3-6-19/h1-17H,(H,31,33)/b15-13+. The Balaban J connectivity index is 1.41. The molecule has 0 saturated carbocycles. The summed E-state index contributed by atoms with van der Waals surface area (Å²) in [5.41, 5.74) is 0.990. The molecule has 4 nitrogen and oxygen atoms in total. The summed E-state index contributed by atoms with van der Waals surface area (Å²) in [7, 11) is 0. The highest BCUT2D eigenvalue weighted by Crippen LogP contribution is 2.32. The molecule has 7 heteroatoms. The van der Waals surface area contributed by atoms with Crippen LogP contribution in [0.4, 0.5) is 18.9 Å². The SMILES string of the molecule is O=C(/C=C/c1ccc(-c2cccc(C(F)(F)F)c2)o1)c1ccc(NC(=O)c2ccccc2)cc1. The number of anilines is 1. The van der Waals surface area contributed by atoms with Crippen LogP contribution < -0.4 is 5.32 Å². The summed E-state index contributed by atoms with van der Waals surface area (Å²) in [5, 5.41) is 2.76. The molecule has 0 bridgehead atoms. The van der Waals surface area contributed by atoms with Crippen LogP contribution in [0.2, 0.25) is 0 Å². The molecule has 0 aliphatic rings. The van der Waals surface area contributed by atoms with Gasteiger partial charge in [-0.1, -0.05) is 30.3 Å². The van der Waals surface area contributed by atoms with Gasteiger partial charge in [0.05, 0.1) is 5.56 Å². The number of furan rings is 1. The Labute approximate surface area is 193 Å². The van der Waals surface area contributed by atoms with E-state index in [9.17, 15) is 22.8 Å². The zero-order valence-corrected chi connectivity index (χ0v) is 17.7. The summed E-state index contributed by atoms with van der Waals surface area (Å²) in [6.45, 7) is 0. The molecular weight excluding hydrogens is 443 g/mol. The Hall–Kier alpha value is -4.39. The third-order valence-corrected chi connectivity index (χ3v) is 4.96. The quantitative estimate of drug-likeness (QED) is 0.246. The molecule has 0 radical (unpaired) electrons. The fourth-order valence-electron chi connectivity index (χ4n) is 3.21. The molecule has 0 spiro atoms. The lowest BCUT2D eigenvalue weighted by Gasteiger charge is -2.07. The zero-order valence-electron chi connectivity index (χ0n) is 17.7. The molecular formula is C27H18F3NO3. The first-order chi connectivity index (χ1) is 16.3. The molecule has 34 heavy (non-hydrogen) atoms. The van der Waals surface area contributed by atoms with Gasteiger partial charge in [0.2, 0.25) is 0 Å². The molecule has 0 atom stereocenters. The van der Waals surface area contributed by atoms with Gasteiger partial charge in [-0.05, 0) is 72.8 Å². The summed E-state index contributed by atoms with van der Waals surface area (Å²) in [5.74, 6) is 0.0381. The lowest BCUT2D eigenvalue weighted by atomic mass is 10.1. The maximum atomic E-state index is 12.9. The van der Waals surface area contributed by atoms with Crippen molar-refractivity contribution in [3.05, 3.63) is 120 Å². The number of benzene rings is 3. The van der Waals surface area contributed by atoms with Gasteiger partial charge in [0.25, 0.3) is 5.91 Å². The second-order valence-electron chi connectivity index (χ2n) is 7.38. The first kappa shape index (κ1) is 22.8. The molecule has 0 aliphatic carbocycles. The van der Waals surface area contributed by atoms with E-state index in [0.29, 0.717) is 22.6 Å². The maximum Gasteiger partial charge on any atom is 0.416 e. The number of amides is 1. The van der Waals surface area contributed by atoms with Crippen LogP contribution in [0.15, 0.2) is 101 Å². The van der Waals surface area contributed by atoms with E-state index in [1.165, 1.54) is 24.3 Å². The van der Waals surface area contributed by atoms with E-state index in [1.807, 2.05) is 6.07 Å². The summed E-state index contributed by atoms with van der Waals surface area (Å²) in [4.78, 5) is 24.7. The van der Waals surface area contributed by atoms with E-state index in [0.717, 1.165) is 12.1 Å². The highest BCUT2D eigenvalue weighted by molar-refractivity contribution is 6.07. The predicted octanol–water partition coefficient (Wildman–Crippen LogP) is 7.11. The number of alkyl halides is 3. The molecule has 1 aromatic heterocycles. The number of nitrogens with one attached hydrogen (secondary N) is 1. The van der Waals surface area contributed by atoms with Gasteiger partial charge in [-0.2, -0.15) is 13.2 Å². The van der Waals surface area contributed by atoms with Crippen LogP contribution in [-0.2, 0) is 6.18 Å². The number of rotatable bonds is 6. The Morgan fingerprint density at radius 3 is 2.24 bits per heavy atom. The minimum Gasteiger partial charge on any atom is -0.457 e. The number of hydrogen-bond donors (Lipinski definition) is 1. The molecule has 0 fully saturated rings. The van der Waals surface area contributed by atoms with Crippen LogP contribution in [-0.4, -0.2) is 11.7 Å². The van der Waals surface area contributed by atoms with Crippen LogP contribution >= 0.6 is 0 Å². The van der Waals surface area contributed by atoms with Crippen LogP contribution in [0.5, 0.6) is 0 Å². The lowest BCUT2D eigenvalue weighted by Crippen LogP contribution is -2.11. The van der Waals surface area contributed by atoms with Crippen molar-refractivity contribution in [2.24, 2.45) is 0 Å². The van der Waals surface area contributed by atoms with Crippen molar-refractivity contribution in [1.82, 2.24) is 0 Å². The van der Waals surface area contributed by atoms with Crippen molar-refractivity contribution in [3.63, 3.8) is 0 Å². The third-order valence-electron chi connectivity index (χ3n) is 4.96. The van der Waals surface area contributed by atoms with Gasteiger partial charge in [-0.15, -0.1) is 0 Å². The van der Waals surface area contributed by atoms with Gasteiger partial charge in [-0.25, -0.2) is 0 Å². The predicted molar refractivity (Wildman–Crippen MR) is 123 cm³/mol. The number of allylic oxidation sites excluding steroid dienone is 1. The summed E-state index contributed by atoms with van der Waals surface area (Å²) >= 11 is 0. The molecule has 3 aromatic carbocycles. The van der Waals surface area contributed by atoms with E-state index in [2.05, 4.69) is 5.32 Å². The van der Waals surface area contributed by atoms with E-state index in [4.69, 9.17) is 4.42 Å². The van der Waals surface area contributed by atoms with Crippen LogP contribution in [0.1, 0.15) is 32.0 Å². The number of hydrogen-bond acceptors (Lipinski definition) is 3. The topological polar surface area (TPSA) is 59.3 Å². The largest absolute Gasteiger partial charge is 0.457 e. The van der Waals surface area contributed by atoms with Gasteiger partial charge in [0.15, 0.2) is 5.78 Å². The number of halogens is 3. The van der Waals surface area contributed by atoms with Crippen molar-refractivity contribution < 1.29 is 27.2 Å². The first-order valence-corrected chi connectivity index (χ1v) is 10.3. The Morgan fingerprint density at radius 1 is 0.794 bits per heavy atom. The van der Waals surface area contributed by atoms with E-state index >= 15 is 0 Å². The van der Waals surface area contributed by atoms with E-state index in [-0.39, 0.29) is 23.0 Å². The van der Waals surface area contributed by atoms with Crippen molar-refractivity contribution in [2.45, 2.75) is 6.18 Å². The average molecular weight is 461 g/mol. The number of carbonyl (C=O) groups excluding carboxylic acids is 2. The van der Waals surface area contributed by atoms with E-state index in [1.54, 1.807) is 60.7 Å². The molecule has 0 saturated heterocycles. The first-order valence-electron chi connectivity index (χ1n) is 10.3. The number of ketones is 1. The fourth-order valence-corrected chi connectivity index (χ4v) is 3.21. The van der Waals surface area contributed by atoms with Crippen LogP contribution in [0.25, 0.3) is 17.4 Å². The van der Waals surface area contributed by atoms with Crippen molar-refractivity contribution in [1.29, 1.82) is 0 Å². The third kappa shape index (κ3) is 5.50. The van der Waals surface area contributed by atoms with Gasteiger partial charge in [0.1, 0.15) is 11.5 Å². The minimum absolute atomic E-state index is 0.256. The normalized spacial score (nSPS) is 11.5. The molecule has 1 amide bonds. The van der Waals surface area contributed by atoms with E-state index < -0.39 is 11.7 Å². The molecule has 0 unspecified atom stereocenters. The van der Waals surface area contributed by atoms with Crippen molar-refractivity contribution in [2.75, 3.05) is 5.32 Å². The second-order valence-corrected chi connectivity index (χ2v) is 7.38. The van der Waals surface area contributed by atoms with Gasteiger partial charge in [0, 0.05) is 22.4 Å². The van der Waals surface area contributed by atoms with Crippen molar-refractivity contribution in [3.8, 4) is 11.3 Å². The Bertz CT molecular complexity index is 1340. The molecule has 1 heterocycles. The highest BCUT2D eigenvalue weighted by Gasteiger charge is 2.30. The second kappa shape index (κ2) is 9.62. The molecule has 0 aliphatic heterocycles. The molecule has 1 N–H and O–H groups in total. The zero-order chi connectivity index (χ0) is 24.1. The van der Waals surface area contributed by atoms with Crippen molar-refractivity contribution >= 4 is 23.5 Å². The summed E-state index contributed by atoms with van der Waals surface area (Å²) in [6, 6.07) is 23.1. The summed E-state index contributed by atoms with van der Waals surface area (Å²) < 4.78 is 44.3. The molecule has 4 rings (SSSR count). The minimum atomic E-state index is -4.45. The monoisotopic (exact) mass is 461 g/mol. The smallest absolute Gasteiger partial charge is 0.416 e. The maximum absolute atomic E-state index is 12.9.